The molecule has 0 aliphatic heterocycles. The number of nitrogens with zero attached hydrogens (tertiary/aromatic N) is 3. The number of carbonyl (C=O) groups is 1. The molecule has 0 aliphatic carbocycles. The van der Waals surface area contributed by atoms with E-state index < -0.39 is 0 Å². The highest BCUT2D eigenvalue weighted by Gasteiger charge is 2.16. The Morgan fingerprint density at radius 1 is 1.13 bits per heavy atom. The minimum atomic E-state index is -0.0893. The lowest BCUT2D eigenvalue weighted by Crippen LogP contribution is -2.26. The van der Waals surface area contributed by atoms with Gasteiger partial charge < -0.3 is 9.64 Å². The van der Waals surface area contributed by atoms with Gasteiger partial charge in [0.25, 0.3) is 5.91 Å². The van der Waals surface area contributed by atoms with Crippen molar-refractivity contribution in [3.63, 3.8) is 0 Å². The van der Waals surface area contributed by atoms with Crippen molar-refractivity contribution in [3.8, 4) is 5.75 Å². The summed E-state index contributed by atoms with van der Waals surface area (Å²) in [6, 6.07) is 11.3. The molecular formula is C23H25Cl2N3O2. The molecule has 1 aromatic heterocycles. The topological polar surface area (TPSA) is 47.4 Å². The Balaban J connectivity index is 1.61. The lowest BCUT2D eigenvalue weighted by molar-refractivity contribution is 0.0783. The SMILES string of the molecule is CCn1cc(Cl)c(CN(C)C(=O)c2ccc(COc3cc(C)c(Cl)c(C)c3)cc2)n1. The van der Waals surface area contributed by atoms with Crippen molar-refractivity contribution in [2.45, 2.75) is 40.5 Å². The number of aryl methyl sites for hydroxylation is 3. The quantitative estimate of drug-likeness (QED) is 0.469. The molecule has 0 atom stereocenters. The fourth-order valence-corrected chi connectivity index (χ4v) is 3.44. The van der Waals surface area contributed by atoms with Gasteiger partial charge in [0.05, 0.1) is 11.6 Å². The average Bonchev–Trinajstić information content (AvgIpc) is 3.09. The summed E-state index contributed by atoms with van der Waals surface area (Å²) in [5, 5.41) is 5.72. The monoisotopic (exact) mass is 445 g/mol. The first-order valence-electron chi connectivity index (χ1n) is 9.74. The standard InChI is InChI=1S/C23H25Cl2N3O2/c1-5-28-12-20(24)21(26-28)13-27(4)23(29)18-8-6-17(7-9-18)14-30-19-10-15(2)22(25)16(3)11-19/h6-12H,5,13-14H2,1-4H3. The van der Waals surface area contributed by atoms with E-state index in [4.69, 9.17) is 27.9 Å². The molecule has 5 nitrogen and oxygen atoms in total. The van der Waals surface area contributed by atoms with Gasteiger partial charge in [0, 0.05) is 30.4 Å². The normalized spacial score (nSPS) is 10.9. The number of rotatable bonds is 7. The maximum atomic E-state index is 12.7. The molecule has 0 fully saturated rings. The number of hydrogen-bond acceptors (Lipinski definition) is 3. The fourth-order valence-electron chi connectivity index (χ4n) is 3.12. The molecule has 1 amide bonds. The smallest absolute Gasteiger partial charge is 0.253 e. The molecule has 0 spiro atoms. The molecule has 0 aliphatic rings. The predicted molar refractivity (Wildman–Crippen MR) is 120 cm³/mol. The molecule has 0 bridgehead atoms. The number of aromatic nitrogens is 2. The van der Waals surface area contributed by atoms with Crippen molar-refractivity contribution in [3.05, 3.63) is 80.6 Å². The Kier molecular flexibility index (Phi) is 7.06. The Morgan fingerprint density at radius 3 is 2.33 bits per heavy atom. The number of amides is 1. The zero-order chi connectivity index (χ0) is 21.8. The summed E-state index contributed by atoms with van der Waals surface area (Å²) in [5.41, 5.74) is 4.24. The number of benzene rings is 2. The van der Waals surface area contributed by atoms with E-state index in [1.807, 2.05) is 57.2 Å². The van der Waals surface area contributed by atoms with Gasteiger partial charge in [-0.2, -0.15) is 5.10 Å². The van der Waals surface area contributed by atoms with Crippen LogP contribution in [0, 0.1) is 13.8 Å². The Morgan fingerprint density at radius 2 is 1.77 bits per heavy atom. The largest absolute Gasteiger partial charge is 0.489 e. The molecule has 1 heterocycles. The second-order valence-electron chi connectivity index (χ2n) is 7.30. The van der Waals surface area contributed by atoms with Crippen LogP contribution in [-0.2, 0) is 19.7 Å². The van der Waals surface area contributed by atoms with E-state index in [9.17, 15) is 4.79 Å². The van der Waals surface area contributed by atoms with Crippen LogP contribution in [0.1, 0.15) is 39.7 Å². The number of carbonyl (C=O) groups excluding carboxylic acids is 1. The van der Waals surface area contributed by atoms with E-state index in [1.54, 1.807) is 22.8 Å². The maximum Gasteiger partial charge on any atom is 0.253 e. The van der Waals surface area contributed by atoms with Crippen molar-refractivity contribution >= 4 is 29.1 Å². The molecule has 0 N–H and O–H groups in total. The van der Waals surface area contributed by atoms with Crippen molar-refractivity contribution in [1.82, 2.24) is 14.7 Å². The van der Waals surface area contributed by atoms with Gasteiger partial charge in [-0.3, -0.25) is 9.48 Å². The molecule has 158 valence electrons. The molecular weight excluding hydrogens is 421 g/mol. The van der Waals surface area contributed by atoms with Gasteiger partial charge in [0.15, 0.2) is 0 Å². The first-order chi connectivity index (χ1) is 14.3. The maximum absolute atomic E-state index is 12.7. The van der Waals surface area contributed by atoms with Gasteiger partial charge in [-0.05, 0) is 61.7 Å². The summed E-state index contributed by atoms with van der Waals surface area (Å²) in [6.45, 7) is 7.40. The van der Waals surface area contributed by atoms with Crippen LogP contribution in [0.3, 0.4) is 0 Å². The van der Waals surface area contributed by atoms with Gasteiger partial charge in [0.2, 0.25) is 0 Å². The zero-order valence-electron chi connectivity index (χ0n) is 17.6. The molecule has 30 heavy (non-hydrogen) atoms. The minimum absolute atomic E-state index is 0.0893. The second kappa shape index (κ2) is 9.54. The van der Waals surface area contributed by atoms with E-state index in [-0.39, 0.29) is 5.91 Å². The van der Waals surface area contributed by atoms with Crippen molar-refractivity contribution in [2.24, 2.45) is 0 Å². The third-order valence-electron chi connectivity index (χ3n) is 4.86. The summed E-state index contributed by atoms with van der Waals surface area (Å²) < 4.78 is 7.64. The minimum Gasteiger partial charge on any atom is -0.489 e. The molecule has 7 heteroatoms. The van der Waals surface area contributed by atoms with Crippen molar-refractivity contribution in [1.29, 1.82) is 0 Å². The summed E-state index contributed by atoms with van der Waals surface area (Å²) in [6.07, 6.45) is 1.77. The van der Waals surface area contributed by atoms with Gasteiger partial charge in [-0.25, -0.2) is 0 Å². The Labute approximate surface area is 187 Å². The van der Waals surface area contributed by atoms with Gasteiger partial charge in [-0.1, -0.05) is 35.3 Å². The summed E-state index contributed by atoms with van der Waals surface area (Å²) in [7, 11) is 1.74. The van der Waals surface area contributed by atoms with E-state index in [0.29, 0.717) is 29.4 Å². The molecule has 0 radical (unpaired) electrons. The Hall–Kier alpha value is -2.50. The molecule has 3 rings (SSSR count). The molecule has 2 aromatic carbocycles. The molecule has 3 aromatic rings. The van der Waals surface area contributed by atoms with Crippen molar-refractivity contribution in [2.75, 3.05) is 7.05 Å². The van der Waals surface area contributed by atoms with Crippen LogP contribution < -0.4 is 4.74 Å². The number of hydrogen-bond donors (Lipinski definition) is 0. The van der Waals surface area contributed by atoms with Gasteiger partial charge in [-0.15, -0.1) is 0 Å². The van der Waals surface area contributed by atoms with Gasteiger partial charge in [0.1, 0.15) is 18.1 Å². The van der Waals surface area contributed by atoms with Crippen LogP contribution in [0.15, 0.2) is 42.6 Å². The van der Waals surface area contributed by atoms with Crippen LogP contribution >= 0.6 is 23.2 Å². The highest BCUT2D eigenvalue weighted by atomic mass is 35.5. The van der Waals surface area contributed by atoms with Crippen LogP contribution in [0.4, 0.5) is 0 Å². The third kappa shape index (κ3) is 5.15. The Bertz CT molecular complexity index is 1020. The first-order valence-corrected chi connectivity index (χ1v) is 10.5. The average molecular weight is 446 g/mol. The third-order valence-corrected chi connectivity index (χ3v) is 5.77. The number of ether oxygens (including phenoxy) is 1. The zero-order valence-corrected chi connectivity index (χ0v) is 19.1. The summed E-state index contributed by atoms with van der Waals surface area (Å²) in [5.74, 6) is 0.686. The highest BCUT2D eigenvalue weighted by Crippen LogP contribution is 2.26. The first kappa shape index (κ1) is 22.2. The van der Waals surface area contributed by atoms with Crippen molar-refractivity contribution < 1.29 is 9.53 Å². The molecule has 0 saturated heterocycles. The highest BCUT2D eigenvalue weighted by molar-refractivity contribution is 6.32. The van der Waals surface area contributed by atoms with E-state index in [0.717, 1.165) is 34.0 Å². The van der Waals surface area contributed by atoms with Crippen LogP contribution in [-0.4, -0.2) is 27.6 Å². The van der Waals surface area contributed by atoms with Crippen LogP contribution in [0.5, 0.6) is 5.75 Å². The summed E-state index contributed by atoms with van der Waals surface area (Å²) in [4.78, 5) is 14.3. The van der Waals surface area contributed by atoms with E-state index in [2.05, 4.69) is 5.10 Å². The lowest BCUT2D eigenvalue weighted by Gasteiger charge is -2.16. The van der Waals surface area contributed by atoms with Crippen LogP contribution in [0.2, 0.25) is 10.0 Å². The second-order valence-corrected chi connectivity index (χ2v) is 8.08. The van der Waals surface area contributed by atoms with E-state index in [1.165, 1.54) is 0 Å². The predicted octanol–water partition coefficient (Wildman–Crippen LogP) is 5.68. The van der Waals surface area contributed by atoms with Gasteiger partial charge >= 0.3 is 0 Å². The molecule has 0 saturated carbocycles. The number of halogens is 2. The lowest BCUT2D eigenvalue weighted by atomic mass is 10.1. The molecule has 0 unspecified atom stereocenters. The van der Waals surface area contributed by atoms with Crippen LogP contribution in [0.25, 0.3) is 0 Å². The summed E-state index contributed by atoms with van der Waals surface area (Å²) >= 11 is 12.4. The fraction of sp³-hybridized carbons (Fsp3) is 0.304. The van der Waals surface area contributed by atoms with E-state index >= 15 is 0 Å².